The van der Waals surface area contributed by atoms with Gasteiger partial charge in [-0.3, -0.25) is 14.8 Å². The first kappa shape index (κ1) is 25.9. The van der Waals surface area contributed by atoms with Crippen LogP contribution in [-0.4, -0.2) is 50.7 Å². The molecule has 0 fully saturated rings. The minimum Gasteiger partial charge on any atom is -0.382 e. The number of aromatic amines is 1. The lowest BCUT2D eigenvalue weighted by Crippen LogP contribution is -2.36. The Labute approximate surface area is 234 Å². The molecule has 1 amide bonds. The SMILES string of the molecule is CCCCC(=O)NC1=CC(c2cnc3c(c2)C(c2nc4c(-c5ccc(F)s5)nccc4[nH]2)=NCCN3)=CNC1C. The van der Waals surface area contributed by atoms with Crippen molar-refractivity contribution in [1.29, 1.82) is 0 Å². The van der Waals surface area contributed by atoms with Crippen molar-refractivity contribution in [2.45, 2.75) is 39.2 Å². The number of nitrogens with zero attached hydrogens (tertiary/aromatic N) is 4. The monoisotopic (exact) mass is 556 g/mol. The maximum Gasteiger partial charge on any atom is 0.224 e. The molecule has 4 N–H and O–H groups in total. The summed E-state index contributed by atoms with van der Waals surface area (Å²) in [6, 6.07) is 7.03. The Morgan fingerprint density at radius 2 is 2.15 bits per heavy atom. The zero-order valence-electron chi connectivity index (χ0n) is 22.2. The van der Waals surface area contributed by atoms with E-state index in [-0.39, 0.29) is 17.1 Å². The lowest BCUT2D eigenvalue weighted by Gasteiger charge is -2.23. The standard InChI is InChI=1S/C29H29FN8OS/c1-3-4-5-24(39)36-21-13-18(14-34-16(21)2)17-12-19-25(32-10-11-33-28(19)35-15-17)29-37-20-8-9-31-27(26(20)38-29)22-6-7-23(30)40-22/h6-9,12-16,34H,3-5,10-11H2,1-2H3,(H,33,35)(H,36,39)(H,37,38). The van der Waals surface area contributed by atoms with E-state index in [0.29, 0.717) is 53.0 Å². The van der Waals surface area contributed by atoms with Gasteiger partial charge in [0.25, 0.3) is 0 Å². The van der Waals surface area contributed by atoms with Crippen LogP contribution in [0, 0.1) is 5.13 Å². The molecule has 0 radical (unpaired) electrons. The number of dihydropyridines is 1. The normalized spacial score (nSPS) is 16.7. The van der Waals surface area contributed by atoms with Gasteiger partial charge in [0.05, 0.1) is 23.0 Å². The molecule has 2 aliphatic heterocycles. The molecule has 6 rings (SSSR count). The van der Waals surface area contributed by atoms with Crippen LogP contribution in [0.15, 0.2) is 59.6 Å². The van der Waals surface area contributed by atoms with Gasteiger partial charge in [-0.15, -0.1) is 11.3 Å². The minimum atomic E-state index is -0.269. The van der Waals surface area contributed by atoms with Crippen LogP contribution < -0.4 is 16.0 Å². The quantitative estimate of drug-likeness (QED) is 0.254. The lowest BCUT2D eigenvalue weighted by atomic mass is 9.99. The van der Waals surface area contributed by atoms with Gasteiger partial charge in [0.1, 0.15) is 22.7 Å². The second kappa shape index (κ2) is 11.0. The van der Waals surface area contributed by atoms with Crippen molar-refractivity contribution >= 4 is 45.4 Å². The molecule has 11 heteroatoms. The summed E-state index contributed by atoms with van der Waals surface area (Å²) < 4.78 is 13.8. The van der Waals surface area contributed by atoms with Crippen LogP contribution in [0.2, 0.25) is 0 Å². The van der Waals surface area contributed by atoms with E-state index >= 15 is 0 Å². The number of imidazole rings is 1. The largest absolute Gasteiger partial charge is 0.382 e. The molecule has 40 heavy (non-hydrogen) atoms. The molecule has 2 aliphatic rings. The van der Waals surface area contributed by atoms with Gasteiger partial charge < -0.3 is 20.9 Å². The van der Waals surface area contributed by atoms with Gasteiger partial charge in [-0.2, -0.15) is 4.39 Å². The number of pyridine rings is 2. The molecule has 6 heterocycles. The van der Waals surface area contributed by atoms with Crippen molar-refractivity contribution in [1.82, 2.24) is 30.6 Å². The summed E-state index contributed by atoms with van der Waals surface area (Å²) in [6.07, 6.45) is 9.77. The number of carbonyl (C=O) groups excluding carboxylic acids is 1. The highest BCUT2D eigenvalue weighted by atomic mass is 32.1. The molecule has 204 valence electrons. The third-order valence-corrected chi connectivity index (χ3v) is 7.77. The highest BCUT2D eigenvalue weighted by molar-refractivity contribution is 7.13. The Bertz CT molecular complexity index is 1680. The predicted octanol–water partition coefficient (Wildman–Crippen LogP) is 5.01. The second-order valence-corrected chi connectivity index (χ2v) is 10.8. The Morgan fingerprint density at radius 3 is 2.98 bits per heavy atom. The summed E-state index contributed by atoms with van der Waals surface area (Å²) in [5, 5.41) is 9.51. The molecule has 4 aromatic heterocycles. The molecule has 0 aromatic carbocycles. The van der Waals surface area contributed by atoms with Gasteiger partial charge in [0.15, 0.2) is 11.0 Å². The number of halogens is 1. The van der Waals surface area contributed by atoms with E-state index in [0.717, 1.165) is 52.1 Å². The first-order valence-corrected chi connectivity index (χ1v) is 14.2. The number of carbonyl (C=O) groups is 1. The average molecular weight is 557 g/mol. The number of fused-ring (bicyclic) bond motifs is 2. The van der Waals surface area contributed by atoms with Crippen molar-refractivity contribution in [2.75, 3.05) is 18.4 Å². The molecule has 0 saturated carbocycles. The predicted molar refractivity (Wildman–Crippen MR) is 157 cm³/mol. The Balaban J connectivity index is 1.36. The number of thiophene rings is 1. The smallest absolute Gasteiger partial charge is 0.224 e. The number of amides is 1. The van der Waals surface area contributed by atoms with Gasteiger partial charge in [-0.1, -0.05) is 13.3 Å². The molecular formula is C29H29FN8OS. The van der Waals surface area contributed by atoms with Crippen molar-refractivity contribution in [2.24, 2.45) is 4.99 Å². The highest BCUT2D eigenvalue weighted by Gasteiger charge is 2.23. The summed E-state index contributed by atoms with van der Waals surface area (Å²) in [5.74, 6) is 1.33. The average Bonchev–Trinajstić information content (AvgIpc) is 3.53. The zero-order valence-corrected chi connectivity index (χ0v) is 23.0. The van der Waals surface area contributed by atoms with Crippen molar-refractivity contribution in [3.63, 3.8) is 0 Å². The molecule has 9 nitrogen and oxygen atoms in total. The minimum absolute atomic E-state index is 0.0166. The number of rotatable bonds is 7. The zero-order chi connectivity index (χ0) is 27.6. The van der Waals surface area contributed by atoms with E-state index in [1.54, 1.807) is 12.3 Å². The van der Waals surface area contributed by atoms with Crippen LogP contribution in [0.1, 0.15) is 50.1 Å². The van der Waals surface area contributed by atoms with E-state index in [2.05, 4.69) is 32.8 Å². The van der Waals surface area contributed by atoms with Gasteiger partial charge in [-0.25, -0.2) is 9.97 Å². The second-order valence-electron chi connectivity index (χ2n) is 9.76. The van der Waals surface area contributed by atoms with Crippen molar-refractivity contribution < 1.29 is 9.18 Å². The maximum atomic E-state index is 13.8. The summed E-state index contributed by atoms with van der Waals surface area (Å²) in [4.78, 5) is 35.5. The molecule has 0 saturated heterocycles. The molecule has 1 unspecified atom stereocenters. The van der Waals surface area contributed by atoms with E-state index < -0.39 is 0 Å². The molecule has 4 aromatic rings. The molecule has 0 bridgehead atoms. The number of unbranched alkanes of at least 4 members (excludes halogenated alkanes) is 1. The first-order valence-electron chi connectivity index (χ1n) is 13.4. The fourth-order valence-corrected chi connectivity index (χ4v) is 5.48. The molecular weight excluding hydrogens is 527 g/mol. The van der Waals surface area contributed by atoms with Crippen LogP contribution in [0.4, 0.5) is 10.2 Å². The van der Waals surface area contributed by atoms with E-state index in [1.165, 1.54) is 6.07 Å². The number of hydrogen-bond donors (Lipinski definition) is 4. The van der Waals surface area contributed by atoms with E-state index in [4.69, 9.17) is 15.0 Å². The van der Waals surface area contributed by atoms with Crippen LogP contribution >= 0.6 is 11.3 Å². The number of anilines is 1. The summed E-state index contributed by atoms with van der Waals surface area (Å²) in [5.41, 5.74) is 6.17. The molecule has 1 atom stereocenters. The highest BCUT2D eigenvalue weighted by Crippen LogP contribution is 2.32. The number of aliphatic imine (C=N–C) groups is 1. The first-order chi connectivity index (χ1) is 19.5. The van der Waals surface area contributed by atoms with Crippen LogP contribution in [0.25, 0.3) is 27.2 Å². The number of H-pyrrole nitrogens is 1. The van der Waals surface area contributed by atoms with Crippen LogP contribution in [0.3, 0.4) is 0 Å². The molecule has 0 aliphatic carbocycles. The lowest BCUT2D eigenvalue weighted by molar-refractivity contribution is -0.120. The fourth-order valence-electron chi connectivity index (χ4n) is 4.75. The topological polar surface area (TPSA) is 120 Å². The van der Waals surface area contributed by atoms with Gasteiger partial charge in [0, 0.05) is 54.0 Å². The summed E-state index contributed by atoms with van der Waals surface area (Å²) >= 11 is 1.04. The fraction of sp³-hybridized carbons (Fsp3) is 0.276. The van der Waals surface area contributed by atoms with Gasteiger partial charge in [0.2, 0.25) is 5.91 Å². The van der Waals surface area contributed by atoms with E-state index in [9.17, 15) is 9.18 Å². The Kier molecular flexibility index (Phi) is 7.12. The summed E-state index contributed by atoms with van der Waals surface area (Å²) in [6.45, 7) is 5.27. The summed E-state index contributed by atoms with van der Waals surface area (Å²) in [7, 11) is 0. The van der Waals surface area contributed by atoms with E-state index in [1.807, 2.05) is 37.5 Å². The van der Waals surface area contributed by atoms with Crippen molar-refractivity contribution in [3.8, 4) is 10.6 Å². The van der Waals surface area contributed by atoms with Gasteiger partial charge in [-0.05, 0) is 43.7 Å². The number of nitrogens with one attached hydrogen (secondary N) is 4. The molecule has 0 spiro atoms. The van der Waals surface area contributed by atoms with Gasteiger partial charge >= 0.3 is 0 Å². The third kappa shape index (κ3) is 5.12. The van der Waals surface area contributed by atoms with Crippen LogP contribution in [0.5, 0.6) is 0 Å². The Hall–Kier alpha value is -4.38. The number of hydrogen-bond acceptors (Lipinski definition) is 8. The maximum absolute atomic E-state index is 13.8. The third-order valence-electron chi connectivity index (χ3n) is 6.89. The van der Waals surface area contributed by atoms with Crippen molar-refractivity contribution in [3.05, 3.63) is 76.7 Å². The number of aromatic nitrogens is 4. The number of allylic oxidation sites excluding steroid dienone is 2. The van der Waals surface area contributed by atoms with Crippen LogP contribution in [-0.2, 0) is 4.79 Å². The Morgan fingerprint density at radius 1 is 1.25 bits per heavy atom.